The van der Waals surface area contributed by atoms with Crippen molar-refractivity contribution in [2.75, 3.05) is 0 Å². The van der Waals surface area contributed by atoms with E-state index in [2.05, 4.69) is 299 Å². The summed E-state index contributed by atoms with van der Waals surface area (Å²) in [5.74, 6) is 0. The number of nitrogens with zero attached hydrogens (tertiary/aromatic N) is 4. The molecule has 0 bridgehead atoms. The van der Waals surface area contributed by atoms with Gasteiger partial charge in [-0.05, 0) is 146 Å². The Morgan fingerprint density at radius 1 is 0.225 bits per heavy atom. The molecule has 0 spiro atoms. The molecule has 0 aliphatic rings. The SMILES string of the molecule is Cn1c2ccccc2c2cc(-c3ccc4c(c3)c3ccccc3n4-c3cc4ccccc4c4cc(-c5cccc6c7cc(-c8ccc9c(c8)c8ccccc8n9-c8cccc(-c9ccccc9)c8)ccc7n(C)c56)ccc34)ccc21. The number of benzene rings is 13. The average Bonchev–Trinajstić information content (AvgIpc) is 4.38. The van der Waals surface area contributed by atoms with E-state index in [0.717, 1.165) is 5.69 Å². The van der Waals surface area contributed by atoms with Gasteiger partial charge in [0.15, 0.2) is 0 Å². The van der Waals surface area contributed by atoms with Gasteiger partial charge < -0.3 is 18.3 Å². The van der Waals surface area contributed by atoms with Crippen LogP contribution in [-0.2, 0) is 14.1 Å². The highest BCUT2D eigenvalue weighted by molar-refractivity contribution is 6.19. The van der Waals surface area contributed by atoms with Gasteiger partial charge in [-0.2, -0.15) is 0 Å². The van der Waals surface area contributed by atoms with Crippen molar-refractivity contribution in [3.63, 3.8) is 0 Å². The molecule has 0 amide bonds. The van der Waals surface area contributed by atoms with Crippen LogP contribution in [0.1, 0.15) is 0 Å². The molecule has 0 fully saturated rings. The number of aryl methyl sites for hydroxylation is 2. The van der Waals surface area contributed by atoms with Crippen LogP contribution in [0.4, 0.5) is 0 Å². The third-order valence-corrected chi connectivity index (χ3v) is 17.5. The molecule has 17 rings (SSSR count). The predicted molar refractivity (Wildman–Crippen MR) is 340 cm³/mol. The number of para-hydroxylation sites is 4. The minimum absolute atomic E-state index is 1.16. The Bertz CT molecular complexity index is 5450. The smallest absolute Gasteiger partial charge is 0.0568 e. The van der Waals surface area contributed by atoms with E-state index >= 15 is 0 Å². The first-order chi connectivity index (χ1) is 39.5. The van der Waals surface area contributed by atoms with Gasteiger partial charge in [-0.25, -0.2) is 0 Å². The number of rotatable bonds is 6. The molecule has 4 nitrogen and oxygen atoms in total. The van der Waals surface area contributed by atoms with E-state index in [-0.39, 0.29) is 0 Å². The quantitative estimate of drug-likeness (QED) is 0.148. The summed E-state index contributed by atoms with van der Waals surface area (Å²) in [4.78, 5) is 0. The van der Waals surface area contributed by atoms with Crippen LogP contribution in [0.25, 0.3) is 165 Å². The molecule has 0 aliphatic heterocycles. The van der Waals surface area contributed by atoms with Crippen LogP contribution < -0.4 is 0 Å². The van der Waals surface area contributed by atoms with Gasteiger partial charge in [0.2, 0.25) is 0 Å². The normalized spacial score (nSPS) is 12.1. The van der Waals surface area contributed by atoms with Gasteiger partial charge in [0.1, 0.15) is 0 Å². The summed E-state index contributed by atoms with van der Waals surface area (Å²) in [5.41, 5.74) is 21.7. The molecule has 4 heteroatoms. The lowest BCUT2D eigenvalue weighted by atomic mass is 9.94. The Morgan fingerprint density at radius 3 is 1.35 bits per heavy atom. The van der Waals surface area contributed by atoms with Gasteiger partial charge in [0.25, 0.3) is 0 Å². The lowest BCUT2D eigenvalue weighted by molar-refractivity contribution is 1.01. The van der Waals surface area contributed by atoms with Crippen LogP contribution in [0.2, 0.25) is 0 Å². The molecule has 0 saturated carbocycles. The maximum Gasteiger partial charge on any atom is 0.0568 e. The number of aromatic nitrogens is 4. The highest BCUT2D eigenvalue weighted by Gasteiger charge is 2.21. The van der Waals surface area contributed by atoms with Gasteiger partial charge in [-0.3, -0.25) is 0 Å². The van der Waals surface area contributed by atoms with Gasteiger partial charge in [0, 0.05) is 90.4 Å². The molecule has 13 aromatic carbocycles. The molecule has 4 heterocycles. The van der Waals surface area contributed by atoms with E-state index in [1.165, 1.54) is 159 Å². The maximum absolute atomic E-state index is 2.50. The van der Waals surface area contributed by atoms with Gasteiger partial charge in [0.05, 0.1) is 33.3 Å². The zero-order valence-corrected chi connectivity index (χ0v) is 44.2. The molecule has 0 unspecified atom stereocenters. The minimum Gasteiger partial charge on any atom is -0.344 e. The third kappa shape index (κ3) is 6.51. The van der Waals surface area contributed by atoms with Gasteiger partial charge in [-0.1, -0.05) is 176 Å². The molecule has 0 saturated heterocycles. The van der Waals surface area contributed by atoms with Crippen LogP contribution in [-0.4, -0.2) is 18.3 Å². The standard InChI is InChI=1S/C76H50N4/c1-77-68-27-11-8-22-58(68)64-41-49(31-36-69(64)77)52-34-39-74-66(43-52)60-24-10-13-29-72(60)80(74)75-46-53-18-6-7-21-56(53)63-45-54(30-35-61(63)75)57-25-15-26-62-67-44-50(32-37-70(67)78(2)76(57)62)51-33-38-73-65(42-51)59-23-9-12-28-71(59)79(73)55-20-14-19-48(40-55)47-16-4-3-5-17-47/h3-46H,1-2H3. The second kappa shape index (κ2) is 17.0. The number of hydrogen-bond acceptors (Lipinski definition) is 0. The summed E-state index contributed by atoms with van der Waals surface area (Å²) in [6, 6.07) is 99.3. The molecule has 4 aromatic heterocycles. The third-order valence-electron chi connectivity index (χ3n) is 17.5. The number of fused-ring (bicyclic) bond motifs is 15. The largest absolute Gasteiger partial charge is 0.344 e. The summed E-state index contributed by atoms with van der Waals surface area (Å²) in [6.45, 7) is 0. The summed E-state index contributed by atoms with van der Waals surface area (Å²) in [5, 5.41) is 15.0. The lowest BCUT2D eigenvalue weighted by Gasteiger charge is -2.16. The summed E-state index contributed by atoms with van der Waals surface area (Å²) < 4.78 is 9.62. The first-order valence-electron chi connectivity index (χ1n) is 27.7. The van der Waals surface area contributed by atoms with Crippen molar-refractivity contribution >= 4 is 109 Å². The van der Waals surface area contributed by atoms with E-state index in [0.29, 0.717) is 0 Å². The first-order valence-corrected chi connectivity index (χ1v) is 27.7. The van der Waals surface area contributed by atoms with E-state index < -0.39 is 0 Å². The molecule has 80 heavy (non-hydrogen) atoms. The fourth-order valence-corrected chi connectivity index (χ4v) is 13.8. The monoisotopic (exact) mass is 1020 g/mol. The second-order valence-corrected chi connectivity index (χ2v) is 21.8. The lowest BCUT2D eigenvalue weighted by Crippen LogP contribution is -1.97. The summed E-state index contributed by atoms with van der Waals surface area (Å²) in [6.07, 6.45) is 0. The Kier molecular flexibility index (Phi) is 9.52. The van der Waals surface area contributed by atoms with Crippen LogP contribution in [0, 0.1) is 0 Å². The fourth-order valence-electron chi connectivity index (χ4n) is 13.8. The minimum atomic E-state index is 1.16. The van der Waals surface area contributed by atoms with E-state index in [9.17, 15) is 0 Å². The van der Waals surface area contributed by atoms with E-state index in [1.807, 2.05) is 0 Å². The first kappa shape index (κ1) is 44.7. The molecule has 0 aliphatic carbocycles. The molecule has 0 atom stereocenters. The van der Waals surface area contributed by atoms with E-state index in [1.54, 1.807) is 0 Å². The van der Waals surface area contributed by atoms with Crippen molar-refractivity contribution in [1.29, 1.82) is 0 Å². The van der Waals surface area contributed by atoms with Crippen molar-refractivity contribution in [2.24, 2.45) is 14.1 Å². The Labute approximate surface area is 461 Å². The summed E-state index contributed by atoms with van der Waals surface area (Å²) >= 11 is 0. The molecule has 17 aromatic rings. The predicted octanol–water partition coefficient (Wildman–Crippen LogP) is 20.1. The average molecular weight is 1020 g/mol. The van der Waals surface area contributed by atoms with Gasteiger partial charge >= 0.3 is 0 Å². The van der Waals surface area contributed by atoms with Crippen LogP contribution in [0.5, 0.6) is 0 Å². The van der Waals surface area contributed by atoms with Crippen molar-refractivity contribution in [3.05, 3.63) is 267 Å². The molecular formula is C76H50N4. The second-order valence-electron chi connectivity index (χ2n) is 21.8. The van der Waals surface area contributed by atoms with E-state index in [4.69, 9.17) is 0 Å². The molecule has 0 N–H and O–H groups in total. The highest BCUT2D eigenvalue weighted by Crippen LogP contribution is 2.44. The topological polar surface area (TPSA) is 19.7 Å². The van der Waals surface area contributed by atoms with Crippen molar-refractivity contribution < 1.29 is 0 Å². The zero-order valence-electron chi connectivity index (χ0n) is 44.2. The van der Waals surface area contributed by atoms with Gasteiger partial charge in [-0.15, -0.1) is 0 Å². The Morgan fingerprint density at radius 2 is 0.662 bits per heavy atom. The zero-order chi connectivity index (χ0) is 52.7. The van der Waals surface area contributed by atoms with Crippen LogP contribution in [0.15, 0.2) is 267 Å². The molecular weight excluding hydrogens is 969 g/mol. The Hall–Kier alpha value is -10.4. The Balaban J connectivity index is 0.784. The van der Waals surface area contributed by atoms with Crippen molar-refractivity contribution in [1.82, 2.24) is 18.3 Å². The summed E-state index contributed by atoms with van der Waals surface area (Å²) in [7, 11) is 4.39. The fraction of sp³-hybridized carbons (Fsp3) is 0.0263. The molecule has 0 radical (unpaired) electrons. The number of hydrogen-bond donors (Lipinski definition) is 0. The van der Waals surface area contributed by atoms with Crippen molar-refractivity contribution in [3.8, 4) is 55.9 Å². The van der Waals surface area contributed by atoms with Crippen LogP contribution in [0.3, 0.4) is 0 Å². The molecule has 374 valence electrons. The van der Waals surface area contributed by atoms with Crippen LogP contribution >= 0.6 is 0 Å². The van der Waals surface area contributed by atoms with Crippen molar-refractivity contribution in [2.45, 2.75) is 0 Å². The highest BCUT2D eigenvalue weighted by atomic mass is 15.0. The maximum atomic E-state index is 2.50.